The molecule has 0 atom stereocenters. The van der Waals surface area contributed by atoms with Crippen molar-refractivity contribution < 1.29 is 13.9 Å². The van der Waals surface area contributed by atoms with Gasteiger partial charge in [0.25, 0.3) is 5.91 Å². The molecule has 0 spiro atoms. The van der Waals surface area contributed by atoms with E-state index >= 15 is 0 Å². The minimum atomic E-state index is -0.316. The quantitative estimate of drug-likeness (QED) is 0.492. The highest BCUT2D eigenvalue weighted by atomic mass is 19.1. The number of pyridine rings is 1. The molecule has 0 aliphatic rings. The molecule has 0 saturated heterocycles. The zero-order chi connectivity index (χ0) is 21.1. The Morgan fingerprint density at radius 3 is 2.53 bits per heavy atom. The number of amides is 1. The van der Waals surface area contributed by atoms with E-state index in [-0.39, 0.29) is 11.7 Å². The fourth-order valence-electron chi connectivity index (χ4n) is 3.34. The number of nitrogen functional groups attached to an aromatic ring is 1. The molecule has 30 heavy (non-hydrogen) atoms. The number of anilines is 2. The molecule has 0 fully saturated rings. The van der Waals surface area contributed by atoms with Gasteiger partial charge in [-0.15, -0.1) is 0 Å². The van der Waals surface area contributed by atoms with E-state index in [1.165, 1.54) is 18.3 Å². The molecule has 0 aliphatic heterocycles. The van der Waals surface area contributed by atoms with E-state index in [1.54, 1.807) is 13.2 Å². The molecule has 0 radical (unpaired) electrons. The molecule has 1 amide bonds. The van der Waals surface area contributed by atoms with Gasteiger partial charge in [0.15, 0.2) is 0 Å². The van der Waals surface area contributed by atoms with Gasteiger partial charge in [-0.3, -0.25) is 4.79 Å². The van der Waals surface area contributed by atoms with E-state index in [0.717, 1.165) is 16.7 Å². The molecule has 1 heterocycles. The van der Waals surface area contributed by atoms with Crippen molar-refractivity contribution in [2.24, 2.45) is 0 Å². The first kappa shape index (κ1) is 19.5. The minimum absolute atomic E-state index is 0.287. The normalized spacial score (nSPS) is 10.9. The summed E-state index contributed by atoms with van der Waals surface area (Å²) < 4.78 is 18.7. The number of nitrogens with two attached hydrogens (primary N) is 1. The number of nitrogens with one attached hydrogen (secondary N) is 1. The summed E-state index contributed by atoms with van der Waals surface area (Å²) in [5, 5.41) is 4.20. The minimum Gasteiger partial charge on any atom is -0.383 e. The number of benzene rings is 3. The average Bonchev–Trinajstić information content (AvgIpc) is 2.75. The monoisotopic (exact) mass is 401 g/mol. The summed E-state index contributed by atoms with van der Waals surface area (Å²) in [4.78, 5) is 17.1. The van der Waals surface area contributed by atoms with Gasteiger partial charge in [-0.1, -0.05) is 36.4 Å². The van der Waals surface area contributed by atoms with Crippen molar-refractivity contribution in [3.8, 4) is 11.1 Å². The molecule has 3 aromatic carbocycles. The Bertz CT molecular complexity index is 1220. The maximum Gasteiger partial charge on any atom is 0.257 e. The lowest BCUT2D eigenvalue weighted by molar-refractivity contribution is 0.102. The van der Waals surface area contributed by atoms with Gasteiger partial charge in [0.2, 0.25) is 0 Å². The summed E-state index contributed by atoms with van der Waals surface area (Å²) in [5.41, 5.74) is 9.68. The van der Waals surface area contributed by atoms with Crippen LogP contribution in [0.3, 0.4) is 0 Å². The van der Waals surface area contributed by atoms with Crippen LogP contribution in [0.25, 0.3) is 21.9 Å². The van der Waals surface area contributed by atoms with Gasteiger partial charge in [-0.25, -0.2) is 9.37 Å². The second-order valence-electron chi connectivity index (χ2n) is 6.91. The maximum atomic E-state index is 13.6. The number of carbonyl (C=O) groups excluding carboxylic acids is 1. The van der Waals surface area contributed by atoms with Crippen LogP contribution in [0.2, 0.25) is 0 Å². The van der Waals surface area contributed by atoms with Crippen molar-refractivity contribution in [1.82, 2.24) is 4.98 Å². The van der Waals surface area contributed by atoms with E-state index in [0.29, 0.717) is 34.4 Å². The summed E-state index contributed by atoms with van der Waals surface area (Å²) in [5.74, 6) is -0.294. The largest absolute Gasteiger partial charge is 0.383 e. The van der Waals surface area contributed by atoms with Gasteiger partial charge >= 0.3 is 0 Å². The van der Waals surface area contributed by atoms with Gasteiger partial charge in [0, 0.05) is 24.4 Å². The summed E-state index contributed by atoms with van der Waals surface area (Å²) in [6, 6.07) is 19.2. The van der Waals surface area contributed by atoms with Crippen molar-refractivity contribution in [1.29, 1.82) is 0 Å². The number of hydrogen-bond acceptors (Lipinski definition) is 4. The Labute approximate surface area is 173 Å². The number of hydrogen-bond donors (Lipinski definition) is 2. The smallest absolute Gasteiger partial charge is 0.257 e. The van der Waals surface area contributed by atoms with E-state index in [9.17, 15) is 9.18 Å². The zero-order valence-electron chi connectivity index (χ0n) is 16.4. The lowest BCUT2D eigenvalue weighted by Crippen LogP contribution is -2.13. The SMILES string of the molecule is COCc1ccc(NC(=O)c2cnc(N)c3cc(-c4cccc(F)c4)ccc23)cc1. The number of aromatic nitrogens is 1. The van der Waals surface area contributed by atoms with Crippen LogP contribution in [0.5, 0.6) is 0 Å². The highest BCUT2D eigenvalue weighted by Gasteiger charge is 2.14. The van der Waals surface area contributed by atoms with E-state index in [2.05, 4.69) is 10.3 Å². The molecule has 0 unspecified atom stereocenters. The number of carbonyl (C=O) groups is 1. The predicted octanol–water partition coefficient (Wildman–Crippen LogP) is 5.02. The number of ether oxygens (including phenoxy) is 1. The third-order valence-electron chi connectivity index (χ3n) is 4.84. The van der Waals surface area contributed by atoms with Gasteiger partial charge in [0.1, 0.15) is 11.6 Å². The van der Waals surface area contributed by atoms with Crippen LogP contribution >= 0.6 is 0 Å². The summed E-state index contributed by atoms with van der Waals surface area (Å²) in [7, 11) is 1.63. The molecular weight excluding hydrogens is 381 g/mol. The van der Waals surface area contributed by atoms with Crippen molar-refractivity contribution >= 4 is 28.2 Å². The van der Waals surface area contributed by atoms with Crippen LogP contribution in [-0.4, -0.2) is 18.0 Å². The average molecular weight is 401 g/mol. The fourth-order valence-corrected chi connectivity index (χ4v) is 3.34. The summed E-state index contributed by atoms with van der Waals surface area (Å²) in [6.07, 6.45) is 1.47. The zero-order valence-corrected chi connectivity index (χ0v) is 16.4. The highest BCUT2D eigenvalue weighted by molar-refractivity contribution is 6.14. The Kier molecular flexibility index (Phi) is 5.41. The lowest BCUT2D eigenvalue weighted by atomic mass is 9.99. The molecule has 6 heteroatoms. The Hall–Kier alpha value is -3.77. The Balaban J connectivity index is 1.67. The second kappa shape index (κ2) is 8.31. The predicted molar refractivity (Wildman–Crippen MR) is 117 cm³/mol. The van der Waals surface area contributed by atoms with Crippen LogP contribution in [0.15, 0.2) is 72.9 Å². The van der Waals surface area contributed by atoms with Crippen molar-refractivity contribution in [3.05, 3.63) is 89.9 Å². The molecule has 4 aromatic rings. The van der Waals surface area contributed by atoms with Crippen LogP contribution in [0, 0.1) is 5.82 Å². The molecule has 150 valence electrons. The van der Waals surface area contributed by atoms with Gasteiger partial charge in [-0.05, 0) is 52.4 Å². The number of halogens is 1. The van der Waals surface area contributed by atoms with Gasteiger partial charge < -0.3 is 15.8 Å². The second-order valence-corrected chi connectivity index (χ2v) is 6.91. The molecule has 5 nitrogen and oxygen atoms in total. The van der Waals surface area contributed by atoms with Crippen LogP contribution < -0.4 is 11.1 Å². The van der Waals surface area contributed by atoms with E-state index < -0.39 is 0 Å². The molecule has 0 saturated carbocycles. The van der Waals surface area contributed by atoms with Crippen LogP contribution in [0.4, 0.5) is 15.9 Å². The third-order valence-corrected chi connectivity index (χ3v) is 4.84. The van der Waals surface area contributed by atoms with Crippen molar-refractivity contribution in [2.75, 3.05) is 18.2 Å². The number of methoxy groups -OCH3 is 1. The summed E-state index contributed by atoms with van der Waals surface area (Å²) >= 11 is 0. The van der Waals surface area contributed by atoms with Gasteiger partial charge in [-0.2, -0.15) is 0 Å². The van der Waals surface area contributed by atoms with Crippen LogP contribution in [-0.2, 0) is 11.3 Å². The first-order chi connectivity index (χ1) is 14.5. The maximum absolute atomic E-state index is 13.6. The van der Waals surface area contributed by atoms with Crippen molar-refractivity contribution in [3.63, 3.8) is 0 Å². The van der Waals surface area contributed by atoms with E-state index in [4.69, 9.17) is 10.5 Å². The molecular formula is C24H20FN3O2. The molecule has 3 N–H and O–H groups in total. The summed E-state index contributed by atoms with van der Waals surface area (Å²) in [6.45, 7) is 0.508. The first-order valence-electron chi connectivity index (χ1n) is 9.38. The Morgan fingerprint density at radius 2 is 1.80 bits per heavy atom. The third kappa shape index (κ3) is 3.99. The molecule has 0 bridgehead atoms. The number of fused-ring (bicyclic) bond motifs is 1. The number of nitrogens with zero attached hydrogens (tertiary/aromatic N) is 1. The highest BCUT2D eigenvalue weighted by Crippen LogP contribution is 2.29. The lowest BCUT2D eigenvalue weighted by Gasteiger charge is -2.11. The molecule has 1 aromatic heterocycles. The number of rotatable bonds is 5. The molecule has 0 aliphatic carbocycles. The Morgan fingerprint density at radius 1 is 1.03 bits per heavy atom. The first-order valence-corrected chi connectivity index (χ1v) is 9.38. The van der Waals surface area contributed by atoms with Crippen LogP contribution in [0.1, 0.15) is 15.9 Å². The fraction of sp³-hybridized carbons (Fsp3) is 0.0833. The van der Waals surface area contributed by atoms with Gasteiger partial charge in [0.05, 0.1) is 12.2 Å². The standard InChI is InChI=1S/C24H20FN3O2/c1-30-14-15-5-8-19(9-6-15)28-24(29)22-13-27-23(26)21-12-17(7-10-20(21)22)16-3-2-4-18(25)11-16/h2-13H,14H2,1H3,(H2,26,27)(H,28,29). The molecule has 4 rings (SSSR count). The topological polar surface area (TPSA) is 77.2 Å². The van der Waals surface area contributed by atoms with E-state index in [1.807, 2.05) is 48.5 Å². The van der Waals surface area contributed by atoms with Crippen molar-refractivity contribution in [2.45, 2.75) is 6.61 Å².